The number of benzene rings is 1. The van der Waals surface area contributed by atoms with Crippen molar-refractivity contribution in [2.24, 2.45) is 0 Å². The molecule has 2 aromatic heterocycles. The van der Waals surface area contributed by atoms with Gasteiger partial charge in [-0.3, -0.25) is 4.79 Å². The molecule has 0 unspecified atom stereocenters. The number of aromatic nitrogens is 3. The molecule has 0 saturated carbocycles. The number of methoxy groups -OCH3 is 1. The molecule has 0 aliphatic rings. The molecule has 0 fully saturated rings. The number of hydrogen-bond donors (Lipinski definition) is 1. The second-order valence-electron chi connectivity index (χ2n) is 5.50. The first-order valence-electron chi connectivity index (χ1n) is 7.82. The molecule has 0 aliphatic carbocycles. The van der Waals surface area contributed by atoms with Crippen molar-refractivity contribution in [3.63, 3.8) is 0 Å². The van der Waals surface area contributed by atoms with Gasteiger partial charge in [0, 0.05) is 35.2 Å². The van der Waals surface area contributed by atoms with E-state index in [1.807, 2.05) is 35.8 Å². The molecular formula is C17H20N4O2S. The second kappa shape index (κ2) is 7.55. The summed E-state index contributed by atoms with van der Waals surface area (Å²) in [7, 11) is 1.68. The van der Waals surface area contributed by atoms with Crippen LogP contribution in [-0.2, 0) is 17.8 Å². The predicted octanol–water partition coefficient (Wildman–Crippen LogP) is 2.77. The molecule has 0 spiro atoms. The molecule has 3 rings (SSSR count). The Morgan fingerprint density at radius 2 is 2.21 bits per heavy atom. The Labute approximate surface area is 144 Å². The Hall–Kier alpha value is -2.25. The first kappa shape index (κ1) is 16.6. The van der Waals surface area contributed by atoms with Crippen LogP contribution in [0.5, 0.6) is 0 Å². The molecule has 1 N–H and O–H groups in total. The van der Waals surface area contributed by atoms with E-state index < -0.39 is 0 Å². The van der Waals surface area contributed by atoms with E-state index in [0.717, 1.165) is 39.3 Å². The highest BCUT2D eigenvalue weighted by molar-refractivity contribution is 7.19. The Bertz CT molecular complexity index is 840. The monoisotopic (exact) mass is 344 g/mol. The third-order valence-electron chi connectivity index (χ3n) is 3.85. The molecule has 3 aromatic rings. The van der Waals surface area contributed by atoms with Crippen LogP contribution in [-0.4, -0.2) is 34.4 Å². The van der Waals surface area contributed by atoms with Gasteiger partial charge in [0.05, 0.1) is 12.1 Å². The van der Waals surface area contributed by atoms with E-state index in [1.165, 1.54) is 0 Å². The van der Waals surface area contributed by atoms with Crippen LogP contribution in [0.2, 0.25) is 0 Å². The highest BCUT2D eigenvalue weighted by Gasteiger charge is 2.16. The molecule has 2 heterocycles. The number of hydrogen-bond acceptors (Lipinski definition) is 5. The van der Waals surface area contributed by atoms with Gasteiger partial charge in [0.2, 0.25) is 0 Å². The fourth-order valence-corrected chi connectivity index (χ4v) is 3.74. The smallest absolute Gasteiger partial charge is 0.253 e. The third-order valence-corrected chi connectivity index (χ3v) is 4.94. The predicted molar refractivity (Wildman–Crippen MR) is 94.2 cm³/mol. The quantitative estimate of drug-likeness (QED) is 0.669. The summed E-state index contributed by atoms with van der Waals surface area (Å²) in [5.41, 5.74) is 0.751. The topological polar surface area (TPSA) is 69.0 Å². The fraction of sp³-hybridized carbons (Fsp3) is 0.353. The molecule has 0 atom stereocenters. The Balaban J connectivity index is 1.70. The summed E-state index contributed by atoms with van der Waals surface area (Å²) < 4.78 is 8.13. The lowest BCUT2D eigenvalue weighted by Gasteiger charge is -2.08. The van der Waals surface area contributed by atoms with Crippen molar-refractivity contribution in [2.45, 2.75) is 26.4 Å². The molecule has 24 heavy (non-hydrogen) atoms. The lowest BCUT2D eigenvalue weighted by molar-refractivity contribution is 0.0951. The Morgan fingerprint density at radius 3 is 3.04 bits per heavy atom. The number of nitrogens with zero attached hydrogens (tertiary/aromatic N) is 3. The fourth-order valence-electron chi connectivity index (χ4n) is 2.68. The number of aryl methyl sites for hydroxylation is 2. The summed E-state index contributed by atoms with van der Waals surface area (Å²) in [6.07, 6.45) is 2.56. The van der Waals surface area contributed by atoms with Crippen LogP contribution in [0, 0.1) is 6.92 Å². The van der Waals surface area contributed by atoms with Crippen LogP contribution in [0.1, 0.15) is 27.5 Å². The molecule has 7 heteroatoms. The molecule has 0 bridgehead atoms. The summed E-state index contributed by atoms with van der Waals surface area (Å²) in [6, 6.07) is 7.97. The highest BCUT2D eigenvalue weighted by atomic mass is 32.1. The molecule has 0 saturated heterocycles. The second-order valence-corrected chi connectivity index (χ2v) is 6.76. The summed E-state index contributed by atoms with van der Waals surface area (Å²) in [5, 5.41) is 12.0. The van der Waals surface area contributed by atoms with Crippen molar-refractivity contribution in [1.29, 1.82) is 0 Å². The van der Waals surface area contributed by atoms with Crippen molar-refractivity contribution in [2.75, 3.05) is 13.7 Å². The van der Waals surface area contributed by atoms with Gasteiger partial charge in [-0.25, -0.2) is 0 Å². The number of carbonyl (C=O) groups is 1. The highest BCUT2D eigenvalue weighted by Crippen LogP contribution is 2.30. The summed E-state index contributed by atoms with van der Waals surface area (Å²) in [4.78, 5) is 13.6. The maximum atomic E-state index is 12.6. The Kier molecular flexibility index (Phi) is 5.22. The van der Waals surface area contributed by atoms with Crippen LogP contribution >= 0.6 is 11.3 Å². The zero-order valence-electron chi connectivity index (χ0n) is 13.8. The summed E-state index contributed by atoms with van der Waals surface area (Å²) in [6.45, 7) is 3.79. The van der Waals surface area contributed by atoms with Gasteiger partial charge in [0.1, 0.15) is 6.33 Å². The van der Waals surface area contributed by atoms with E-state index in [1.54, 1.807) is 24.8 Å². The standard InChI is InChI=1S/C17H20N4O2S/c1-12-16(13-6-3-4-7-14(13)24-12)17(22)18-10-15-20-19-11-21(15)8-5-9-23-2/h3-4,6-7,11H,5,8-10H2,1-2H3,(H,18,22). The van der Waals surface area contributed by atoms with Gasteiger partial charge < -0.3 is 14.6 Å². The van der Waals surface area contributed by atoms with Crippen molar-refractivity contribution in [1.82, 2.24) is 20.1 Å². The van der Waals surface area contributed by atoms with Crippen molar-refractivity contribution < 1.29 is 9.53 Å². The van der Waals surface area contributed by atoms with Crippen LogP contribution in [0.15, 0.2) is 30.6 Å². The van der Waals surface area contributed by atoms with Crippen LogP contribution in [0.3, 0.4) is 0 Å². The van der Waals surface area contributed by atoms with Crippen LogP contribution < -0.4 is 5.32 Å². The minimum Gasteiger partial charge on any atom is -0.385 e. The molecule has 1 amide bonds. The van der Waals surface area contributed by atoms with Crippen molar-refractivity contribution in [3.8, 4) is 0 Å². The number of amides is 1. The summed E-state index contributed by atoms with van der Waals surface area (Å²) in [5.74, 6) is 0.674. The average molecular weight is 344 g/mol. The lowest BCUT2D eigenvalue weighted by Crippen LogP contribution is -2.25. The number of ether oxygens (including phenoxy) is 1. The van der Waals surface area contributed by atoms with E-state index in [-0.39, 0.29) is 5.91 Å². The van der Waals surface area contributed by atoms with E-state index in [2.05, 4.69) is 15.5 Å². The zero-order valence-corrected chi connectivity index (χ0v) is 14.6. The van der Waals surface area contributed by atoms with Gasteiger partial charge in [-0.15, -0.1) is 21.5 Å². The Morgan fingerprint density at radius 1 is 1.38 bits per heavy atom. The maximum absolute atomic E-state index is 12.6. The van der Waals surface area contributed by atoms with Crippen molar-refractivity contribution in [3.05, 3.63) is 46.9 Å². The number of fused-ring (bicyclic) bond motifs is 1. The third kappa shape index (κ3) is 3.47. The van der Waals surface area contributed by atoms with Gasteiger partial charge >= 0.3 is 0 Å². The molecule has 1 aromatic carbocycles. The van der Waals surface area contributed by atoms with E-state index in [4.69, 9.17) is 4.74 Å². The van der Waals surface area contributed by atoms with Gasteiger partial charge in [0.15, 0.2) is 5.82 Å². The summed E-state index contributed by atoms with van der Waals surface area (Å²) >= 11 is 1.64. The van der Waals surface area contributed by atoms with Gasteiger partial charge in [-0.1, -0.05) is 18.2 Å². The van der Waals surface area contributed by atoms with Gasteiger partial charge in [-0.05, 0) is 19.4 Å². The molecule has 0 aliphatic heterocycles. The number of nitrogens with one attached hydrogen (secondary N) is 1. The number of rotatable bonds is 7. The van der Waals surface area contributed by atoms with Crippen molar-refractivity contribution >= 4 is 27.3 Å². The SMILES string of the molecule is COCCCn1cnnc1CNC(=O)c1c(C)sc2ccccc12. The van der Waals surface area contributed by atoms with E-state index in [9.17, 15) is 4.79 Å². The largest absolute Gasteiger partial charge is 0.385 e. The minimum atomic E-state index is -0.0728. The van der Waals surface area contributed by atoms with Crippen LogP contribution in [0.4, 0.5) is 0 Å². The first-order chi connectivity index (χ1) is 11.7. The number of thiophene rings is 1. The number of carbonyl (C=O) groups excluding carboxylic acids is 1. The zero-order chi connectivity index (χ0) is 16.9. The van der Waals surface area contributed by atoms with Gasteiger partial charge in [0.25, 0.3) is 5.91 Å². The molecule has 126 valence electrons. The molecule has 6 nitrogen and oxygen atoms in total. The average Bonchev–Trinajstić information content (AvgIpc) is 3.16. The van der Waals surface area contributed by atoms with Crippen LogP contribution in [0.25, 0.3) is 10.1 Å². The van der Waals surface area contributed by atoms with Gasteiger partial charge in [-0.2, -0.15) is 0 Å². The van der Waals surface area contributed by atoms with E-state index in [0.29, 0.717) is 13.2 Å². The normalized spacial score (nSPS) is 11.1. The lowest BCUT2D eigenvalue weighted by atomic mass is 10.1. The van der Waals surface area contributed by atoms with E-state index >= 15 is 0 Å². The maximum Gasteiger partial charge on any atom is 0.253 e. The molecule has 0 radical (unpaired) electrons. The first-order valence-corrected chi connectivity index (χ1v) is 8.64. The molecular weight excluding hydrogens is 324 g/mol. The minimum absolute atomic E-state index is 0.0728.